The Balaban J connectivity index is 1.85. The third-order valence-electron chi connectivity index (χ3n) is 3.62. The van der Waals surface area contributed by atoms with Crippen molar-refractivity contribution in [3.8, 4) is 5.75 Å². The number of aromatic nitrogens is 1. The van der Waals surface area contributed by atoms with Gasteiger partial charge >= 0.3 is 0 Å². The Kier molecular flexibility index (Phi) is 3.92. The number of halogens is 1. The van der Waals surface area contributed by atoms with Crippen LogP contribution < -0.4 is 10.1 Å². The summed E-state index contributed by atoms with van der Waals surface area (Å²) in [5, 5.41) is 3.35. The topological polar surface area (TPSA) is 34.1 Å². The zero-order valence-electron chi connectivity index (χ0n) is 11.1. The van der Waals surface area contributed by atoms with E-state index in [0.29, 0.717) is 11.7 Å². The maximum atomic E-state index is 13.2. The molecule has 1 fully saturated rings. The second-order valence-corrected chi connectivity index (χ2v) is 5.02. The third-order valence-corrected chi connectivity index (χ3v) is 3.62. The normalized spacial score (nSPS) is 19.8. The number of rotatable bonds is 4. The predicted octanol–water partition coefficient (Wildman–Crippen LogP) is 2.95. The van der Waals surface area contributed by atoms with E-state index in [1.54, 1.807) is 6.07 Å². The summed E-state index contributed by atoms with van der Waals surface area (Å²) in [6.45, 7) is 1.93. The van der Waals surface area contributed by atoms with Crippen LogP contribution in [0, 0.1) is 11.9 Å². The number of ether oxygens (including phenoxy) is 1. The Labute approximate surface area is 117 Å². The van der Waals surface area contributed by atoms with E-state index in [1.165, 1.54) is 12.3 Å². The summed E-state index contributed by atoms with van der Waals surface area (Å²) in [6, 6.07) is 13.1. The molecular formula is C16H17FN2O. The molecule has 0 aliphatic carbocycles. The first-order chi connectivity index (χ1) is 9.83. The molecule has 1 N–H and O–H groups in total. The molecule has 0 amide bonds. The molecule has 3 nitrogen and oxygen atoms in total. The highest BCUT2D eigenvalue weighted by molar-refractivity contribution is 5.24. The maximum Gasteiger partial charge on any atom is 0.216 e. The average Bonchev–Trinajstić information content (AvgIpc) is 3.00. The van der Waals surface area contributed by atoms with E-state index in [9.17, 15) is 4.39 Å². The van der Waals surface area contributed by atoms with Gasteiger partial charge in [0.2, 0.25) is 5.95 Å². The lowest BCUT2D eigenvalue weighted by Gasteiger charge is -2.24. The quantitative estimate of drug-likeness (QED) is 0.869. The van der Waals surface area contributed by atoms with Gasteiger partial charge in [-0.25, -0.2) is 4.98 Å². The van der Waals surface area contributed by atoms with Crippen molar-refractivity contribution in [2.24, 2.45) is 5.92 Å². The second-order valence-electron chi connectivity index (χ2n) is 5.02. The molecule has 0 radical (unpaired) electrons. The number of hydrogen-bond donors (Lipinski definition) is 1. The minimum absolute atomic E-state index is 0.0620. The molecule has 0 bridgehead atoms. The SMILES string of the molecule is Fc1cc(OC(c2ccccc2)[C@H]2CCNC2)ccn1. The first kappa shape index (κ1) is 13.1. The van der Waals surface area contributed by atoms with Crippen LogP contribution in [0.1, 0.15) is 18.1 Å². The first-order valence-electron chi connectivity index (χ1n) is 6.87. The molecule has 2 atom stereocenters. The van der Waals surface area contributed by atoms with Gasteiger partial charge in [-0.05, 0) is 24.6 Å². The van der Waals surface area contributed by atoms with Crippen LogP contribution in [0.3, 0.4) is 0 Å². The predicted molar refractivity (Wildman–Crippen MR) is 75.0 cm³/mol. The molecule has 20 heavy (non-hydrogen) atoms. The van der Waals surface area contributed by atoms with Crippen LogP contribution >= 0.6 is 0 Å². The zero-order valence-corrected chi connectivity index (χ0v) is 11.1. The van der Waals surface area contributed by atoms with Crippen LogP contribution in [-0.2, 0) is 0 Å². The van der Waals surface area contributed by atoms with Gasteiger partial charge in [-0.3, -0.25) is 0 Å². The van der Waals surface area contributed by atoms with Gasteiger partial charge in [-0.1, -0.05) is 30.3 Å². The lowest BCUT2D eigenvalue weighted by Crippen LogP contribution is -2.21. The van der Waals surface area contributed by atoms with Crippen LogP contribution in [0.4, 0.5) is 4.39 Å². The molecule has 3 rings (SSSR count). The molecule has 1 unspecified atom stereocenters. The Morgan fingerprint density at radius 2 is 2.10 bits per heavy atom. The van der Waals surface area contributed by atoms with Crippen LogP contribution in [0.2, 0.25) is 0 Å². The van der Waals surface area contributed by atoms with Gasteiger partial charge in [0.05, 0.1) is 0 Å². The molecule has 0 saturated carbocycles. The fourth-order valence-electron chi connectivity index (χ4n) is 2.62. The fourth-order valence-corrected chi connectivity index (χ4v) is 2.62. The highest BCUT2D eigenvalue weighted by Gasteiger charge is 2.28. The van der Waals surface area contributed by atoms with Gasteiger partial charge in [-0.2, -0.15) is 4.39 Å². The minimum Gasteiger partial charge on any atom is -0.485 e. The Hall–Kier alpha value is -1.94. The molecule has 4 heteroatoms. The molecule has 1 aliphatic heterocycles. The molecular weight excluding hydrogens is 255 g/mol. The Morgan fingerprint density at radius 1 is 1.25 bits per heavy atom. The molecule has 1 aromatic carbocycles. The van der Waals surface area contributed by atoms with Crippen molar-refractivity contribution in [3.63, 3.8) is 0 Å². The Bertz CT molecular complexity index is 555. The van der Waals surface area contributed by atoms with E-state index in [1.807, 2.05) is 18.2 Å². The van der Waals surface area contributed by atoms with Gasteiger partial charge < -0.3 is 10.1 Å². The van der Waals surface area contributed by atoms with Gasteiger partial charge in [0, 0.05) is 24.7 Å². The number of pyridine rings is 1. The van der Waals surface area contributed by atoms with E-state index < -0.39 is 5.95 Å². The van der Waals surface area contributed by atoms with Crippen molar-refractivity contribution in [1.29, 1.82) is 0 Å². The smallest absolute Gasteiger partial charge is 0.216 e. The van der Waals surface area contributed by atoms with Crippen LogP contribution in [0.5, 0.6) is 5.75 Å². The molecule has 1 saturated heterocycles. The molecule has 2 heterocycles. The van der Waals surface area contributed by atoms with Crippen molar-refractivity contribution in [2.75, 3.05) is 13.1 Å². The van der Waals surface area contributed by atoms with E-state index >= 15 is 0 Å². The maximum absolute atomic E-state index is 13.2. The average molecular weight is 272 g/mol. The molecule has 0 spiro atoms. The number of nitrogens with zero attached hydrogens (tertiary/aromatic N) is 1. The summed E-state index contributed by atoms with van der Waals surface area (Å²) < 4.78 is 19.2. The van der Waals surface area contributed by atoms with E-state index in [4.69, 9.17) is 4.74 Å². The minimum atomic E-state index is -0.515. The van der Waals surface area contributed by atoms with Gasteiger partial charge in [-0.15, -0.1) is 0 Å². The van der Waals surface area contributed by atoms with Crippen LogP contribution in [0.15, 0.2) is 48.7 Å². The van der Waals surface area contributed by atoms with Crippen LogP contribution in [-0.4, -0.2) is 18.1 Å². The first-order valence-corrected chi connectivity index (χ1v) is 6.87. The summed E-state index contributed by atoms with van der Waals surface area (Å²) in [5.74, 6) is 0.408. The van der Waals surface area contributed by atoms with Gasteiger partial charge in [0.25, 0.3) is 0 Å². The number of nitrogens with one attached hydrogen (secondary N) is 1. The van der Waals surface area contributed by atoms with Crippen molar-refractivity contribution < 1.29 is 9.13 Å². The van der Waals surface area contributed by atoms with Crippen molar-refractivity contribution >= 4 is 0 Å². The molecule has 2 aromatic rings. The Morgan fingerprint density at radius 3 is 2.80 bits per heavy atom. The lowest BCUT2D eigenvalue weighted by atomic mass is 9.95. The third kappa shape index (κ3) is 2.96. The summed E-state index contributed by atoms with van der Waals surface area (Å²) in [6.07, 6.45) is 2.43. The largest absolute Gasteiger partial charge is 0.485 e. The second kappa shape index (κ2) is 6.01. The number of benzene rings is 1. The number of hydrogen-bond acceptors (Lipinski definition) is 3. The summed E-state index contributed by atoms with van der Waals surface area (Å²) in [7, 11) is 0. The standard InChI is InChI=1S/C16H17FN2O/c17-15-10-14(7-9-19-15)20-16(13-6-8-18-11-13)12-4-2-1-3-5-12/h1-5,7,9-10,13,16,18H,6,8,11H2/t13-,16?/m0/s1. The molecule has 104 valence electrons. The van der Waals surface area contributed by atoms with Gasteiger partial charge in [0.1, 0.15) is 11.9 Å². The summed E-state index contributed by atoms with van der Waals surface area (Å²) in [5.41, 5.74) is 1.12. The van der Waals surface area contributed by atoms with E-state index in [0.717, 1.165) is 25.1 Å². The monoisotopic (exact) mass is 272 g/mol. The molecule has 1 aromatic heterocycles. The highest BCUT2D eigenvalue weighted by Crippen LogP contribution is 2.31. The lowest BCUT2D eigenvalue weighted by molar-refractivity contribution is 0.143. The van der Waals surface area contributed by atoms with Crippen LogP contribution in [0.25, 0.3) is 0 Å². The highest BCUT2D eigenvalue weighted by atomic mass is 19.1. The van der Waals surface area contributed by atoms with Crippen molar-refractivity contribution in [3.05, 3.63) is 60.2 Å². The van der Waals surface area contributed by atoms with E-state index in [-0.39, 0.29) is 6.10 Å². The fraction of sp³-hybridized carbons (Fsp3) is 0.312. The van der Waals surface area contributed by atoms with Crippen molar-refractivity contribution in [1.82, 2.24) is 10.3 Å². The summed E-state index contributed by atoms with van der Waals surface area (Å²) >= 11 is 0. The van der Waals surface area contributed by atoms with Gasteiger partial charge in [0.15, 0.2) is 0 Å². The molecule has 1 aliphatic rings. The van der Waals surface area contributed by atoms with Crippen molar-refractivity contribution in [2.45, 2.75) is 12.5 Å². The zero-order chi connectivity index (χ0) is 13.8. The summed E-state index contributed by atoms with van der Waals surface area (Å²) in [4.78, 5) is 3.56. The van der Waals surface area contributed by atoms with E-state index in [2.05, 4.69) is 22.4 Å².